The largest absolute Gasteiger partial charge is 0.347 e. The SMILES string of the molecule is O=C(Cn1nnc(-c2ccc(Br)cc2)n1)NCC(=O)c1ccccc1. The number of nitrogens with zero attached hydrogens (tertiary/aromatic N) is 4. The van der Waals surface area contributed by atoms with Crippen LogP contribution in [0.3, 0.4) is 0 Å². The molecule has 1 heterocycles. The van der Waals surface area contributed by atoms with E-state index in [0.29, 0.717) is 11.4 Å². The van der Waals surface area contributed by atoms with Crippen molar-refractivity contribution in [2.24, 2.45) is 0 Å². The van der Waals surface area contributed by atoms with Crippen molar-refractivity contribution in [3.63, 3.8) is 0 Å². The lowest BCUT2D eigenvalue weighted by Crippen LogP contribution is -2.33. The number of tetrazole rings is 1. The second kappa shape index (κ2) is 7.80. The van der Waals surface area contributed by atoms with Gasteiger partial charge in [-0.15, -0.1) is 10.2 Å². The van der Waals surface area contributed by atoms with Gasteiger partial charge < -0.3 is 5.32 Å². The van der Waals surface area contributed by atoms with Gasteiger partial charge in [-0.2, -0.15) is 4.80 Å². The van der Waals surface area contributed by atoms with Gasteiger partial charge in [0.15, 0.2) is 5.78 Å². The van der Waals surface area contributed by atoms with Crippen LogP contribution in [0, 0.1) is 0 Å². The Labute approximate surface area is 152 Å². The number of hydrogen-bond acceptors (Lipinski definition) is 5. The minimum absolute atomic E-state index is 0.0723. The van der Waals surface area contributed by atoms with Crippen LogP contribution in [-0.4, -0.2) is 38.4 Å². The highest BCUT2D eigenvalue weighted by molar-refractivity contribution is 9.10. The average molecular weight is 400 g/mol. The quantitative estimate of drug-likeness (QED) is 0.641. The molecule has 0 bridgehead atoms. The molecule has 0 spiro atoms. The van der Waals surface area contributed by atoms with Gasteiger partial charge in [0.2, 0.25) is 11.7 Å². The molecule has 25 heavy (non-hydrogen) atoms. The standard InChI is InChI=1S/C17H14BrN5O2/c18-14-8-6-13(7-9-14)17-20-22-23(21-17)11-16(25)19-10-15(24)12-4-2-1-3-5-12/h1-9H,10-11H2,(H,19,25). The predicted octanol–water partition coefficient (Wildman–Crippen LogP) is 2.10. The summed E-state index contributed by atoms with van der Waals surface area (Å²) in [7, 11) is 0. The highest BCUT2D eigenvalue weighted by atomic mass is 79.9. The molecule has 3 rings (SSSR count). The summed E-state index contributed by atoms with van der Waals surface area (Å²) < 4.78 is 0.950. The number of amides is 1. The molecule has 0 saturated carbocycles. The predicted molar refractivity (Wildman–Crippen MR) is 94.7 cm³/mol. The molecule has 3 aromatic rings. The first-order valence-electron chi connectivity index (χ1n) is 7.50. The first kappa shape index (κ1) is 17.0. The maximum absolute atomic E-state index is 11.9. The van der Waals surface area contributed by atoms with Crippen molar-refractivity contribution in [1.29, 1.82) is 0 Å². The molecule has 1 aromatic heterocycles. The van der Waals surface area contributed by atoms with E-state index in [1.165, 1.54) is 4.80 Å². The number of carbonyl (C=O) groups is 2. The fourth-order valence-electron chi connectivity index (χ4n) is 2.11. The van der Waals surface area contributed by atoms with Gasteiger partial charge in [-0.05, 0) is 29.5 Å². The number of carbonyl (C=O) groups excluding carboxylic acids is 2. The molecule has 0 aliphatic heterocycles. The number of nitrogens with one attached hydrogen (secondary N) is 1. The Hall–Kier alpha value is -2.87. The summed E-state index contributed by atoms with van der Waals surface area (Å²) in [5, 5.41) is 14.5. The monoisotopic (exact) mass is 399 g/mol. The van der Waals surface area contributed by atoms with E-state index < -0.39 is 0 Å². The zero-order chi connectivity index (χ0) is 17.6. The molecule has 7 nitrogen and oxygen atoms in total. The van der Waals surface area contributed by atoms with Crippen LogP contribution >= 0.6 is 15.9 Å². The summed E-state index contributed by atoms with van der Waals surface area (Å²) in [6.45, 7) is -0.178. The second-order valence-corrected chi connectivity index (χ2v) is 6.13. The first-order chi connectivity index (χ1) is 12.1. The third-order valence-corrected chi connectivity index (χ3v) is 3.91. The first-order valence-corrected chi connectivity index (χ1v) is 8.30. The molecule has 0 saturated heterocycles. The molecule has 0 atom stereocenters. The minimum atomic E-state index is -0.357. The molecule has 1 amide bonds. The number of benzene rings is 2. The van der Waals surface area contributed by atoms with Gasteiger partial charge >= 0.3 is 0 Å². The molecule has 0 aliphatic carbocycles. The lowest BCUT2D eigenvalue weighted by molar-refractivity contribution is -0.121. The molecule has 0 fully saturated rings. The lowest BCUT2D eigenvalue weighted by atomic mass is 10.1. The van der Waals surface area contributed by atoms with Gasteiger partial charge in [0, 0.05) is 15.6 Å². The van der Waals surface area contributed by atoms with Crippen LogP contribution in [-0.2, 0) is 11.3 Å². The third kappa shape index (κ3) is 4.57. The Morgan fingerprint density at radius 3 is 2.48 bits per heavy atom. The number of Topliss-reactive ketones (excluding diaryl/α,β-unsaturated/α-hetero) is 1. The summed E-state index contributed by atoms with van der Waals surface area (Å²) in [6, 6.07) is 16.2. The third-order valence-electron chi connectivity index (χ3n) is 3.38. The molecule has 0 aliphatic rings. The van der Waals surface area contributed by atoms with Gasteiger partial charge in [0.05, 0.1) is 6.54 Å². The fraction of sp³-hybridized carbons (Fsp3) is 0.118. The van der Waals surface area contributed by atoms with Crippen molar-refractivity contribution < 1.29 is 9.59 Å². The van der Waals surface area contributed by atoms with Crippen molar-refractivity contribution in [2.75, 3.05) is 6.54 Å². The molecule has 126 valence electrons. The Kier molecular flexibility index (Phi) is 5.30. The zero-order valence-corrected chi connectivity index (χ0v) is 14.7. The van der Waals surface area contributed by atoms with Gasteiger partial charge in [-0.1, -0.05) is 46.3 Å². The summed E-state index contributed by atoms with van der Waals surface area (Å²) in [5.74, 6) is -0.0826. The van der Waals surface area contributed by atoms with E-state index in [2.05, 4.69) is 36.7 Å². The number of rotatable bonds is 6. The van der Waals surface area contributed by atoms with Crippen LogP contribution in [0.1, 0.15) is 10.4 Å². The van der Waals surface area contributed by atoms with Crippen LogP contribution in [0.4, 0.5) is 0 Å². The normalized spacial score (nSPS) is 10.4. The van der Waals surface area contributed by atoms with Crippen LogP contribution in [0.15, 0.2) is 59.1 Å². The Morgan fingerprint density at radius 1 is 1.04 bits per heavy atom. The maximum atomic E-state index is 11.9. The second-order valence-electron chi connectivity index (χ2n) is 5.22. The smallest absolute Gasteiger partial charge is 0.244 e. The van der Waals surface area contributed by atoms with Crippen molar-refractivity contribution in [1.82, 2.24) is 25.5 Å². The van der Waals surface area contributed by atoms with E-state index in [1.54, 1.807) is 24.3 Å². The molecule has 8 heteroatoms. The Balaban J connectivity index is 1.55. The Bertz CT molecular complexity index is 878. The maximum Gasteiger partial charge on any atom is 0.244 e. The van der Waals surface area contributed by atoms with E-state index >= 15 is 0 Å². The minimum Gasteiger partial charge on any atom is -0.347 e. The van der Waals surface area contributed by atoms with Crippen LogP contribution in [0.5, 0.6) is 0 Å². The summed E-state index contributed by atoms with van der Waals surface area (Å²) in [6.07, 6.45) is 0. The van der Waals surface area contributed by atoms with E-state index in [-0.39, 0.29) is 24.8 Å². The molecule has 0 radical (unpaired) electrons. The highest BCUT2D eigenvalue weighted by Crippen LogP contribution is 2.17. The summed E-state index contributed by atoms with van der Waals surface area (Å²) >= 11 is 3.36. The van der Waals surface area contributed by atoms with Gasteiger partial charge in [0.1, 0.15) is 6.54 Å². The number of ketones is 1. The van der Waals surface area contributed by atoms with E-state index in [4.69, 9.17) is 0 Å². The van der Waals surface area contributed by atoms with Gasteiger partial charge in [0.25, 0.3) is 0 Å². The van der Waals surface area contributed by atoms with Crippen LogP contribution in [0.25, 0.3) is 11.4 Å². The Morgan fingerprint density at radius 2 is 1.76 bits per heavy atom. The van der Waals surface area contributed by atoms with Crippen molar-refractivity contribution in [3.8, 4) is 11.4 Å². The van der Waals surface area contributed by atoms with E-state index in [9.17, 15) is 9.59 Å². The number of aromatic nitrogens is 4. The lowest BCUT2D eigenvalue weighted by Gasteiger charge is -2.04. The molecule has 0 unspecified atom stereocenters. The van der Waals surface area contributed by atoms with Crippen LogP contribution in [0.2, 0.25) is 0 Å². The topological polar surface area (TPSA) is 89.8 Å². The fourth-order valence-corrected chi connectivity index (χ4v) is 2.38. The summed E-state index contributed by atoms with van der Waals surface area (Å²) in [4.78, 5) is 25.1. The van der Waals surface area contributed by atoms with Crippen molar-refractivity contribution >= 4 is 27.6 Å². The highest BCUT2D eigenvalue weighted by Gasteiger charge is 2.11. The molecular formula is C17H14BrN5O2. The zero-order valence-electron chi connectivity index (χ0n) is 13.1. The molecular weight excluding hydrogens is 386 g/mol. The van der Waals surface area contributed by atoms with E-state index in [1.807, 2.05) is 30.3 Å². The van der Waals surface area contributed by atoms with Crippen molar-refractivity contribution in [3.05, 3.63) is 64.6 Å². The van der Waals surface area contributed by atoms with E-state index in [0.717, 1.165) is 10.0 Å². The van der Waals surface area contributed by atoms with Crippen molar-refractivity contribution in [2.45, 2.75) is 6.54 Å². The average Bonchev–Trinajstić information content (AvgIpc) is 3.09. The molecule has 2 aromatic carbocycles. The number of halogens is 1. The van der Waals surface area contributed by atoms with Gasteiger partial charge in [-0.3, -0.25) is 9.59 Å². The molecule has 1 N–H and O–H groups in total. The number of hydrogen-bond donors (Lipinski definition) is 1. The van der Waals surface area contributed by atoms with Gasteiger partial charge in [-0.25, -0.2) is 0 Å². The van der Waals surface area contributed by atoms with Crippen LogP contribution < -0.4 is 5.32 Å². The summed E-state index contributed by atoms with van der Waals surface area (Å²) in [5.41, 5.74) is 1.35.